The highest BCUT2D eigenvalue weighted by molar-refractivity contribution is 5.48. The molecule has 1 aromatic heterocycles. The third-order valence-electron chi connectivity index (χ3n) is 2.19. The van der Waals surface area contributed by atoms with Crippen LogP contribution in [-0.2, 0) is 0 Å². The van der Waals surface area contributed by atoms with E-state index < -0.39 is 0 Å². The van der Waals surface area contributed by atoms with Crippen molar-refractivity contribution >= 4 is 5.69 Å². The lowest BCUT2D eigenvalue weighted by Crippen LogP contribution is -2.43. The number of anilines is 1. The number of nitrogens with one attached hydrogen (secondary N) is 1. The van der Waals surface area contributed by atoms with E-state index in [4.69, 9.17) is 0 Å². The Morgan fingerprint density at radius 1 is 1.31 bits per heavy atom. The fourth-order valence-corrected chi connectivity index (χ4v) is 1.51. The minimum atomic E-state index is 0.232. The average molecular weight is 179 g/mol. The van der Waals surface area contributed by atoms with Crippen LogP contribution < -0.4 is 10.2 Å². The van der Waals surface area contributed by atoms with Crippen LogP contribution in [0.5, 0.6) is 5.75 Å². The van der Waals surface area contributed by atoms with E-state index in [1.807, 2.05) is 0 Å². The monoisotopic (exact) mass is 179 g/mol. The summed E-state index contributed by atoms with van der Waals surface area (Å²) in [6, 6.07) is 1.75. The van der Waals surface area contributed by atoms with Crippen molar-refractivity contribution in [3.05, 3.63) is 18.5 Å². The number of aromatic hydroxyl groups is 1. The quantitative estimate of drug-likeness (QED) is 0.646. The Morgan fingerprint density at radius 3 is 2.77 bits per heavy atom. The summed E-state index contributed by atoms with van der Waals surface area (Å²) >= 11 is 0. The maximum atomic E-state index is 9.24. The van der Waals surface area contributed by atoms with Gasteiger partial charge < -0.3 is 15.3 Å². The fourth-order valence-electron chi connectivity index (χ4n) is 1.51. The summed E-state index contributed by atoms with van der Waals surface area (Å²) in [5.41, 5.74) is 1.00. The summed E-state index contributed by atoms with van der Waals surface area (Å²) in [6.45, 7) is 3.95. The van der Waals surface area contributed by atoms with Crippen LogP contribution in [0.4, 0.5) is 5.69 Å². The third-order valence-corrected chi connectivity index (χ3v) is 2.19. The lowest BCUT2D eigenvalue weighted by atomic mass is 10.3. The number of hydrogen-bond donors (Lipinski definition) is 2. The zero-order chi connectivity index (χ0) is 9.10. The standard InChI is InChI=1S/C9H13N3O/c13-9-5-8(6-11-7-9)12-3-1-10-2-4-12/h5-7,10,13H,1-4H2. The predicted octanol–water partition coefficient (Wildman–Crippen LogP) is 0.197. The summed E-state index contributed by atoms with van der Waals surface area (Å²) in [7, 11) is 0. The molecule has 1 aliphatic heterocycles. The first-order chi connectivity index (χ1) is 6.36. The van der Waals surface area contributed by atoms with Crippen molar-refractivity contribution in [2.24, 2.45) is 0 Å². The summed E-state index contributed by atoms with van der Waals surface area (Å²) < 4.78 is 0. The van der Waals surface area contributed by atoms with Crippen LogP contribution in [0, 0.1) is 0 Å². The topological polar surface area (TPSA) is 48.4 Å². The number of piperazine rings is 1. The molecule has 0 radical (unpaired) electrons. The van der Waals surface area contributed by atoms with Crippen LogP contribution in [0.25, 0.3) is 0 Å². The SMILES string of the molecule is Oc1cncc(N2CCNCC2)c1. The molecule has 70 valence electrons. The molecule has 4 heteroatoms. The van der Waals surface area contributed by atoms with Crippen LogP contribution >= 0.6 is 0 Å². The molecule has 0 spiro atoms. The van der Waals surface area contributed by atoms with E-state index in [2.05, 4.69) is 15.2 Å². The Balaban J connectivity index is 2.14. The lowest BCUT2D eigenvalue weighted by Gasteiger charge is -2.29. The van der Waals surface area contributed by atoms with Crippen LogP contribution in [0.1, 0.15) is 0 Å². The van der Waals surface area contributed by atoms with Crippen molar-refractivity contribution in [3.63, 3.8) is 0 Å². The molecule has 1 aliphatic rings. The molecule has 1 saturated heterocycles. The maximum Gasteiger partial charge on any atom is 0.135 e. The highest BCUT2D eigenvalue weighted by atomic mass is 16.3. The normalized spacial score (nSPS) is 17.4. The molecule has 0 atom stereocenters. The number of hydrogen-bond acceptors (Lipinski definition) is 4. The third kappa shape index (κ3) is 1.89. The van der Waals surface area contributed by atoms with Gasteiger partial charge in [-0.15, -0.1) is 0 Å². The molecular weight excluding hydrogens is 166 g/mol. The molecule has 4 nitrogen and oxygen atoms in total. The molecular formula is C9H13N3O. The minimum absolute atomic E-state index is 0.232. The van der Waals surface area contributed by atoms with Gasteiger partial charge in [-0.3, -0.25) is 4.98 Å². The molecule has 0 aromatic carbocycles. The predicted molar refractivity (Wildman–Crippen MR) is 51.0 cm³/mol. The van der Waals surface area contributed by atoms with Crippen molar-refractivity contribution in [1.29, 1.82) is 0 Å². The van der Waals surface area contributed by atoms with Gasteiger partial charge in [0.1, 0.15) is 5.75 Å². The summed E-state index contributed by atoms with van der Waals surface area (Å²) in [5, 5.41) is 12.5. The van der Waals surface area contributed by atoms with E-state index in [-0.39, 0.29) is 5.75 Å². The van der Waals surface area contributed by atoms with Crippen LogP contribution in [0.2, 0.25) is 0 Å². The van der Waals surface area contributed by atoms with Gasteiger partial charge in [-0.1, -0.05) is 0 Å². The van der Waals surface area contributed by atoms with Gasteiger partial charge in [-0.05, 0) is 0 Å². The zero-order valence-corrected chi connectivity index (χ0v) is 7.40. The van der Waals surface area contributed by atoms with Gasteiger partial charge in [0.2, 0.25) is 0 Å². The van der Waals surface area contributed by atoms with Gasteiger partial charge >= 0.3 is 0 Å². The van der Waals surface area contributed by atoms with Crippen molar-refractivity contribution in [2.75, 3.05) is 31.1 Å². The second-order valence-electron chi connectivity index (χ2n) is 3.14. The van der Waals surface area contributed by atoms with Crippen molar-refractivity contribution in [1.82, 2.24) is 10.3 Å². The molecule has 2 rings (SSSR count). The first-order valence-corrected chi connectivity index (χ1v) is 4.46. The molecule has 0 aliphatic carbocycles. The molecule has 0 amide bonds. The number of pyridine rings is 1. The Bertz CT molecular complexity index is 284. The fraction of sp³-hybridized carbons (Fsp3) is 0.444. The van der Waals surface area contributed by atoms with Gasteiger partial charge in [0, 0.05) is 32.2 Å². The highest BCUT2D eigenvalue weighted by Crippen LogP contribution is 2.18. The molecule has 1 aromatic rings. The first kappa shape index (κ1) is 8.31. The van der Waals surface area contributed by atoms with Crippen LogP contribution in [0.15, 0.2) is 18.5 Å². The van der Waals surface area contributed by atoms with E-state index in [1.54, 1.807) is 12.3 Å². The lowest BCUT2D eigenvalue weighted by molar-refractivity contribution is 0.472. The largest absolute Gasteiger partial charge is 0.506 e. The molecule has 13 heavy (non-hydrogen) atoms. The smallest absolute Gasteiger partial charge is 0.135 e. The maximum absolute atomic E-state index is 9.24. The molecule has 0 saturated carbocycles. The van der Waals surface area contributed by atoms with E-state index >= 15 is 0 Å². The van der Waals surface area contributed by atoms with Crippen molar-refractivity contribution in [3.8, 4) is 5.75 Å². The molecule has 2 N–H and O–H groups in total. The first-order valence-electron chi connectivity index (χ1n) is 4.46. The Morgan fingerprint density at radius 2 is 2.08 bits per heavy atom. The number of nitrogens with zero attached hydrogens (tertiary/aromatic N) is 2. The van der Waals surface area contributed by atoms with Gasteiger partial charge in [0.25, 0.3) is 0 Å². The zero-order valence-electron chi connectivity index (χ0n) is 7.40. The molecule has 0 bridgehead atoms. The minimum Gasteiger partial charge on any atom is -0.506 e. The molecule has 1 fully saturated rings. The number of rotatable bonds is 1. The van der Waals surface area contributed by atoms with Gasteiger partial charge in [-0.25, -0.2) is 0 Å². The van der Waals surface area contributed by atoms with E-state index in [0.717, 1.165) is 31.9 Å². The van der Waals surface area contributed by atoms with Gasteiger partial charge in [0.05, 0.1) is 18.1 Å². The second-order valence-corrected chi connectivity index (χ2v) is 3.14. The summed E-state index contributed by atoms with van der Waals surface area (Å²) in [5.74, 6) is 0.232. The molecule has 0 unspecified atom stereocenters. The van der Waals surface area contributed by atoms with Crippen molar-refractivity contribution in [2.45, 2.75) is 0 Å². The Labute approximate surface area is 77.2 Å². The van der Waals surface area contributed by atoms with Gasteiger partial charge in [0.15, 0.2) is 0 Å². The van der Waals surface area contributed by atoms with E-state index in [9.17, 15) is 5.11 Å². The van der Waals surface area contributed by atoms with Crippen LogP contribution in [-0.4, -0.2) is 36.3 Å². The highest BCUT2D eigenvalue weighted by Gasteiger charge is 2.10. The second kappa shape index (κ2) is 3.62. The van der Waals surface area contributed by atoms with E-state index in [1.165, 1.54) is 6.20 Å². The average Bonchev–Trinajstić information content (AvgIpc) is 2.19. The summed E-state index contributed by atoms with van der Waals surface area (Å²) in [6.07, 6.45) is 3.23. The van der Waals surface area contributed by atoms with Crippen LogP contribution in [0.3, 0.4) is 0 Å². The Kier molecular flexibility index (Phi) is 2.31. The molecule has 2 heterocycles. The Hall–Kier alpha value is -1.29. The van der Waals surface area contributed by atoms with Gasteiger partial charge in [-0.2, -0.15) is 0 Å². The summed E-state index contributed by atoms with van der Waals surface area (Å²) in [4.78, 5) is 6.16. The van der Waals surface area contributed by atoms with Crippen molar-refractivity contribution < 1.29 is 5.11 Å². The van der Waals surface area contributed by atoms with E-state index in [0.29, 0.717) is 0 Å². The number of aromatic nitrogens is 1.